The highest BCUT2D eigenvalue weighted by Gasteiger charge is 2.22. The third-order valence-electron chi connectivity index (χ3n) is 3.96. The van der Waals surface area contributed by atoms with E-state index < -0.39 is 21.7 Å². The van der Waals surface area contributed by atoms with Gasteiger partial charge in [0.2, 0.25) is 10.0 Å². The van der Waals surface area contributed by atoms with Crippen LogP contribution in [0.25, 0.3) is 0 Å². The lowest BCUT2D eigenvalue weighted by molar-refractivity contribution is 0.133. The van der Waals surface area contributed by atoms with E-state index in [0.29, 0.717) is 13.1 Å². The van der Waals surface area contributed by atoms with Gasteiger partial charge in [-0.25, -0.2) is 21.9 Å². The Morgan fingerprint density at radius 2 is 2.05 bits per heavy atom. The normalized spacial score (nSPS) is 20.2. The second-order valence-electron chi connectivity index (χ2n) is 5.82. The SMILES string of the molecule is CS(=O)(=O)NCCC1CCCCN1Cc1ccc(F)c(F)c1. The van der Waals surface area contributed by atoms with E-state index in [4.69, 9.17) is 0 Å². The Balaban J connectivity index is 1.95. The van der Waals surface area contributed by atoms with Crippen LogP contribution in [0.15, 0.2) is 18.2 Å². The lowest BCUT2D eigenvalue weighted by atomic mass is 9.98. The van der Waals surface area contributed by atoms with E-state index in [1.807, 2.05) is 0 Å². The Hall–Kier alpha value is -1.05. The van der Waals surface area contributed by atoms with E-state index in [-0.39, 0.29) is 6.04 Å². The van der Waals surface area contributed by atoms with E-state index in [2.05, 4.69) is 9.62 Å². The molecule has 0 aromatic heterocycles. The highest BCUT2D eigenvalue weighted by Crippen LogP contribution is 2.22. The molecule has 22 heavy (non-hydrogen) atoms. The first kappa shape index (κ1) is 17.3. The van der Waals surface area contributed by atoms with Gasteiger partial charge in [0.15, 0.2) is 11.6 Å². The molecule has 4 nitrogen and oxygen atoms in total. The van der Waals surface area contributed by atoms with Crippen LogP contribution in [0.5, 0.6) is 0 Å². The average molecular weight is 332 g/mol. The van der Waals surface area contributed by atoms with Gasteiger partial charge in [0, 0.05) is 19.1 Å². The molecule has 1 aliphatic heterocycles. The fraction of sp³-hybridized carbons (Fsp3) is 0.600. The summed E-state index contributed by atoms with van der Waals surface area (Å²) in [6.45, 7) is 1.85. The number of sulfonamides is 1. The summed E-state index contributed by atoms with van der Waals surface area (Å²) in [6.07, 6.45) is 5.04. The Morgan fingerprint density at radius 1 is 1.27 bits per heavy atom. The first-order valence-corrected chi connectivity index (χ1v) is 9.37. The molecule has 1 saturated heterocycles. The summed E-state index contributed by atoms with van der Waals surface area (Å²) in [5.74, 6) is -1.67. The van der Waals surface area contributed by atoms with Crippen molar-refractivity contribution >= 4 is 10.0 Å². The second kappa shape index (κ2) is 7.48. The molecule has 0 amide bonds. The molecule has 1 unspecified atom stereocenters. The third-order valence-corrected chi connectivity index (χ3v) is 4.69. The van der Waals surface area contributed by atoms with Crippen molar-refractivity contribution in [3.8, 4) is 0 Å². The number of likely N-dealkylation sites (tertiary alicyclic amines) is 1. The molecule has 1 aliphatic rings. The van der Waals surface area contributed by atoms with Crippen molar-refractivity contribution in [2.75, 3.05) is 19.3 Å². The summed E-state index contributed by atoms with van der Waals surface area (Å²) in [4.78, 5) is 2.22. The molecular weight excluding hydrogens is 310 g/mol. The van der Waals surface area contributed by atoms with Gasteiger partial charge in [-0.3, -0.25) is 4.90 Å². The van der Waals surface area contributed by atoms with E-state index in [9.17, 15) is 17.2 Å². The van der Waals surface area contributed by atoms with Crippen LogP contribution < -0.4 is 4.72 Å². The summed E-state index contributed by atoms with van der Waals surface area (Å²) in [6, 6.07) is 4.24. The van der Waals surface area contributed by atoms with Gasteiger partial charge in [0.1, 0.15) is 0 Å². The van der Waals surface area contributed by atoms with Crippen LogP contribution in [-0.2, 0) is 16.6 Å². The lowest BCUT2D eigenvalue weighted by Crippen LogP contribution is -2.41. The van der Waals surface area contributed by atoms with Crippen molar-refractivity contribution in [2.24, 2.45) is 0 Å². The van der Waals surface area contributed by atoms with Gasteiger partial charge in [0.05, 0.1) is 6.26 Å². The van der Waals surface area contributed by atoms with Crippen molar-refractivity contribution in [1.29, 1.82) is 0 Å². The first-order chi connectivity index (χ1) is 10.3. The molecule has 0 radical (unpaired) electrons. The number of benzene rings is 1. The zero-order valence-corrected chi connectivity index (χ0v) is 13.5. The number of hydrogen-bond donors (Lipinski definition) is 1. The van der Waals surface area contributed by atoms with Gasteiger partial charge in [-0.05, 0) is 43.5 Å². The molecule has 2 rings (SSSR count). The lowest BCUT2D eigenvalue weighted by Gasteiger charge is -2.36. The van der Waals surface area contributed by atoms with E-state index >= 15 is 0 Å². The summed E-state index contributed by atoms with van der Waals surface area (Å²) in [5, 5.41) is 0. The zero-order chi connectivity index (χ0) is 16.2. The minimum absolute atomic E-state index is 0.260. The molecule has 0 aliphatic carbocycles. The van der Waals surface area contributed by atoms with Crippen molar-refractivity contribution in [3.05, 3.63) is 35.4 Å². The van der Waals surface area contributed by atoms with Gasteiger partial charge in [-0.1, -0.05) is 12.5 Å². The summed E-state index contributed by atoms with van der Waals surface area (Å²) < 4.78 is 51.0. The van der Waals surface area contributed by atoms with E-state index in [1.165, 1.54) is 6.07 Å². The molecule has 0 saturated carbocycles. The van der Waals surface area contributed by atoms with Crippen LogP contribution in [0.4, 0.5) is 8.78 Å². The summed E-state index contributed by atoms with van der Waals surface area (Å²) >= 11 is 0. The van der Waals surface area contributed by atoms with Crippen LogP contribution in [0, 0.1) is 11.6 Å². The molecule has 7 heteroatoms. The van der Waals surface area contributed by atoms with Crippen LogP contribution in [0.3, 0.4) is 0 Å². The van der Waals surface area contributed by atoms with Crippen LogP contribution in [0.1, 0.15) is 31.2 Å². The maximum atomic E-state index is 13.3. The Morgan fingerprint density at radius 3 is 2.73 bits per heavy atom. The van der Waals surface area contributed by atoms with Crippen molar-refractivity contribution in [3.63, 3.8) is 0 Å². The zero-order valence-electron chi connectivity index (χ0n) is 12.7. The molecule has 0 bridgehead atoms. The molecule has 0 spiro atoms. The maximum absolute atomic E-state index is 13.3. The van der Waals surface area contributed by atoms with Crippen LogP contribution in [-0.4, -0.2) is 38.7 Å². The third kappa shape index (κ3) is 5.30. The fourth-order valence-electron chi connectivity index (χ4n) is 2.88. The maximum Gasteiger partial charge on any atom is 0.208 e. The van der Waals surface area contributed by atoms with Crippen LogP contribution in [0.2, 0.25) is 0 Å². The summed E-state index contributed by atoms with van der Waals surface area (Å²) in [5.41, 5.74) is 0.738. The van der Waals surface area contributed by atoms with Crippen molar-refractivity contribution < 1.29 is 17.2 Å². The quantitative estimate of drug-likeness (QED) is 0.869. The minimum atomic E-state index is -3.17. The number of rotatable bonds is 6. The van der Waals surface area contributed by atoms with Gasteiger partial charge >= 0.3 is 0 Å². The molecule has 1 aromatic carbocycles. The number of hydrogen-bond acceptors (Lipinski definition) is 3. The summed E-state index contributed by atoms with van der Waals surface area (Å²) in [7, 11) is -3.17. The van der Waals surface area contributed by atoms with Gasteiger partial charge in [-0.15, -0.1) is 0 Å². The number of halogens is 2. The monoisotopic (exact) mass is 332 g/mol. The van der Waals surface area contributed by atoms with Gasteiger partial charge in [0.25, 0.3) is 0 Å². The molecule has 1 heterocycles. The molecule has 1 atom stereocenters. The second-order valence-corrected chi connectivity index (χ2v) is 7.66. The number of piperidine rings is 1. The topological polar surface area (TPSA) is 49.4 Å². The van der Waals surface area contributed by atoms with Gasteiger partial charge in [-0.2, -0.15) is 0 Å². The number of nitrogens with one attached hydrogen (secondary N) is 1. The van der Waals surface area contributed by atoms with Crippen LogP contribution >= 0.6 is 0 Å². The smallest absolute Gasteiger partial charge is 0.208 e. The molecule has 1 fully saturated rings. The average Bonchev–Trinajstić information content (AvgIpc) is 2.43. The van der Waals surface area contributed by atoms with E-state index in [1.54, 1.807) is 6.07 Å². The van der Waals surface area contributed by atoms with Gasteiger partial charge < -0.3 is 0 Å². The van der Waals surface area contributed by atoms with Crippen molar-refractivity contribution in [2.45, 2.75) is 38.3 Å². The molecule has 124 valence electrons. The first-order valence-electron chi connectivity index (χ1n) is 7.48. The predicted molar refractivity (Wildman–Crippen MR) is 81.9 cm³/mol. The standard InChI is InChI=1S/C15H22F2N2O2S/c1-22(20,21)18-8-7-13-4-2-3-9-19(13)11-12-5-6-14(16)15(17)10-12/h5-6,10,13,18H,2-4,7-9,11H2,1H3. The van der Waals surface area contributed by atoms with Crippen molar-refractivity contribution in [1.82, 2.24) is 9.62 Å². The largest absolute Gasteiger partial charge is 0.296 e. The molecular formula is C15H22F2N2O2S. The Kier molecular flexibility index (Phi) is 5.88. The highest BCUT2D eigenvalue weighted by molar-refractivity contribution is 7.88. The fourth-order valence-corrected chi connectivity index (χ4v) is 3.37. The minimum Gasteiger partial charge on any atom is -0.296 e. The Labute approximate surface area is 130 Å². The predicted octanol–water partition coefficient (Wildman–Crippen LogP) is 2.26. The highest BCUT2D eigenvalue weighted by atomic mass is 32.2. The van der Waals surface area contributed by atoms with E-state index in [0.717, 1.165) is 50.1 Å². The Bertz CT molecular complexity index is 608. The number of nitrogens with zero attached hydrogens (tertiary/aromatic N) is 1. The molecule has 1 aromatic rings. The molecule has 1 N–H and O–H groups in total.